The van der Waals surface area contributed by atoms with Gasteiger partial charge in [-0.3, -0.25) is 4.98 Å². The van der Waals surface area contributed by atoms with E-state index >= 15 is 0 Å². The Balaban J connectivity index is 1.48. The quantitative estimate of drug-likeness (QED) is 0.757. The molecule has 0 saturated carbocycles. The van der Waals surface area contributed by atoms with Gasteiger partial charge >= 0.3 is 6.03 Å². The molecule has 0 bridgehead atoms. The van der Waals surface area contributed by atoms with E-state index in [9.17, 15) is 13.2 Å². The number of aromatic nitrogens is 1. The monoisotopic (exact) mass is 416 g/mol. The number of benzene rings is 1. The van der Waals surface area contributed by atoms with Gasteiger partial charge in [0.05, 0.1) is 5.25 Å². The first-order valence-electron chi connectivity index (χ1n) is 9.88. The van der Waals surface area contributed by atoms with Crippen LogP contribution in [0.1, 0.15) is 37.8 Å². The van der Waals surface area contributed by atoms with Crippen molar-refractivity contribution in [2.45, 2.75) is 44.4 Å². The Bertz CT molecular complexity index is 907. The molecule has 1 aliphatic rings. The zero-order valence-electron chi connectivity index (χ0n) is 16.8. The van der Waals surface area contributed by atoms with Gasteiger partial charge in [0, 0.05) is 37.2 Å². The molecule has 2 amide bonds. The van der Waals surface area contributed by atoms with E-state index in [1.807, 2.05) is 42.6 Å². The number of urea groups is 1. The van der Waals surface area contributed by atoms with Gasteiger partial charge in [-0.05, 0) is 62.4 Å². The van der Waals surface area contributed by atoms with Crippen LogP contribution < -0.4 is 10.0 Å². The number of hydrogen-bond donors (Lipinski definition) is 2. The van der Waals surface area contributed by atoms with Gasteiger partial charge in [0.15, 0.2) is 0 Å². The third-order valence-corrected chi connectivity index (χ3v) is 6.97. The number of carbonyl (C=O) groups is 1. The molecule has 8 heteroatoms. The van der Waals surface area contributed by atoms with Crippen LogP contribution in [-0.2, 0) is 16.4 Å². The van der Waals surface area contributed by atoms with Crippen molar-refractivity contribution in [3.05, 3.63) is 59.9 Å². The molecule has 156 valence electrons. The van der Waals surface area contributed by atoms with Crippen LogP contribution in [0.15, 0.2) is 48.8 Å². The Morgan fingerprint density at radius 1 is 1.14 bits per heavy atom. The first-order valence-corrected chi connectivity index (χ1v) is 11.4. The molecule has 0 spiro atoms. The minimum absolute atomic E-state index is 0.113. The van der Waals surface area contributed by atoms with Gasteiger partial charge in [-0.2, -0.15) is 0 Å². The Kier molecular flexibility index (Phi) is 6.87. The predicted octanol–water partition coefficient (Wildman–Crippen LogP) is 3.00. The smallest absolute Gasteiger partial charge is 0.321 e. The Morgan fingerprint density at radius 3 is 2.41 bits per heavy atom. The number of nitrogens with one attached hydrogen (secondary N) is 2. The van der Waals surface area contributed by atoms with Gasteiger partial charge in [-0.15, -0.1) is 0 Å². The predicted molar refractivity (Wildman–Crippen MR) is 114 cm³/mol. The van der Waals surface area contributed by atoms with Gasteiger partial charge in [0.2, 0.25) is 10.0 Å². The summed E-state index contributed by atoms with van der Waals surface area (Å²) in [6.45, 7) is 4.37. The summed E-state index contributed by atoms with van der Waals surface area (Å²) in [5.41, 5.74) is 3.03. The second-order valence-electron chi connectivity index (χ2n) is 7.64. The van der Waals surface area contributed by atoms with Crippen LogP contribution in [0.2, 0.25) is 0 Å². The number of carbonyl (C=O) groups excluding carboxylic acids is 1. The van der Waals surface area contributed by atoms with E-state index in [0.717, 1.165) is 23.2 Å². The number of sulfonamides is 1. The fourth-order valence-corrected chi connectivity index (χ4v) is 4.19. The molecule has 0 radical (unpaired) electrons. The summed E-state index contributed by atoms with van der Waals surface area (Å²) in [6.07, 6.45) is 5.62. The number of hydrogen-bond acceptors (Lipinski definition) is 4. The van der Waals surface area contributed by atoms with E-state index in [2.05, 4.69) is 15.0 Å². The first kappa shape index (κ1) is 21.3. The van der Waals surface area contributed by atoms with Gasteiger partial charge in [0.1, 0.15) is 0 Å². The fraction of sp³-hybridized carbons (Fsp3) is 0.429. The van der Waals surface area contributed by atoms with E-state index in [0.29, 0.717) is 25.9 Å². The molecule has 1 aliphatic heterocycles. The lowest BCUT2D eigenvalue weighted by Crippen LogP contribution is -2.48. The fourth-order valence-electron chi connectivity index (χ4n) is 3.22. The molecule has 1 saturated heterocycles. The van der Waals surface area contributed by atoms with E-state index in [-0.39, 0.29) is 12.1 Å². The molecule has 2 heterocycles. The summed E-state index contributed by atoms with van der Waals surface area (Å²) in [5, 5.41) is 2.47. The number of piperidine rings is 1. The van der Waals surface area contributed by atoms with Gasteiger partial charge in [-0.1, -0.05) is 18.2 Å². The molecule has 1 aromatic carbocycles. The summed E-state index contributed by atoms with van der Waals surface area (Å²) >= 11 is 0. The van der Waals surface area contributed by atoms with Crippen LogP contribution in [0.3, 0.4) is 0 Å². The maximum Gasteiger partial charge on any atom is 0.321 e. The highest BCUT2D eigenvalue weighted by Crippen LogP contribution is 2.16. The summed E-state index contributed by atoms with van der Waals surface area (Å²) < 4.78 is 26.7. The van der Waals surface area contributed by atoms with Gasteiger partial charge in [-0.25, -0.2) is 17.9 Å². The topological polar surface area (TPSA) is 91.4 Å². The van der Waals surface area contributed by atoms with E-state index < -0.39 is 15.3 Å². The molecule has 1 aromatic heterocycles. The van der Waals surface area contributed by atoms with Crippen molar-refractivity contribution < 1.29 is 13.2 Å². The maximum atomic E-state index is 12.5. The molecule has 1 fully saturated rings. The second-order valence-corrected chi connectivity index (χ2v) is 9.91. The third kappa shape index (κ3) is 6.01. The number of likely N-dealkylation sites (tertiary alicyclic amines) is 1. The summed E-state index contributed by atoms with van der Waals surface area (Å²) in [7, 11) is -3.28. The second kappa shape index (κ2) is 9.37. The molecule has 0 unspecified atom stereocenters. The number of rotatable bonds is 6. The van der Waals surface area contributed by atoms with Crippen molar-refractivity contribution >= 4 is 21.7 Å². The van der Waals surface area contributed by atoms with Crippen molar-refractivity contribution in [2.24, 2.45) is 0 Å². The largest absolute Gasteiger partial charge is 0.324 e. The molecule has 7 nitrogen and oxygen atoms in total. The zero-order chi connectivity index (χ0) is 20.9. The van der Waals surface area contributed by atoms with E-state index in [1.165, 1.54) is 0 Å². The van der Waals surface area contributed by atoms with Crippen molar-refractivity contribution in [1.82, 2.24) is 14.6 Å². The zero-order valence-corrected chi connectivity index (χ0v) is 17.7. The average molecular weight is 417 g/mol. The Morgan fingerprint density at radius 2 is 1.83 bits per heavy atom. The van der Waals surface area contributed by atoms with Crippen molar-refractivity contribution in [3.8, 4) is 0 Å². The molecule has 3 rings (SSSR count). The standard InChI is InChI=1S/C21H28N4O3S/c1-16(2)29(27,28)24-20-9-12-25(13-10-20)21(26)23-19-7-5-17(6-8-19)14-18-4-3-11-22-15-18/h3-8,11,15-16,20,24H,9-10,12-14H2,1-2H3,(H,23,26). The Hall–Kier alpha value is -2.45. The minimum atomic E-state index is -3.28. The lowest BCUT2D eigenvalue weighted by molar-refractivity contribution is 0.193. The van der Waals surface area contributed by atoms with Crippen molar-refractivity contribution in [1.29, 1.82) is 0 Å². The van der Waals surface area contributed by atoms with Crippen LogP contribution in [0, 0.1) is 0 Å². The van der Waals surface area contributed by atoms with Crippen LogP contribution in [-0.4, -0.2) is 48.7 Å². The van der Waals surface area contributed by atoms with Crippen molar-refractivity contribution in [2.75, 3.05) is 18.4 Å². The number of nitrogens with zero attached hydrogens (tertiary/aromatic N) is 2. The summed E-state index contributed by atoms with van der Waals surface area (Å²) in [5.74, 6) is 0. The van der Waals surface area contributed by atoms with Crippen LogP contribution >= 0.6 is 0 Å². The normalized spacial score (nSPS) is 15.5. The highest BCUT2D eigenvalue weighted by atomic mass is 32.2. The SMILES string of the molecule is CC(C)S(=O)(=O)NC1CCN(C(=O)Nc2ccc(Cc3cccnc3)cc2)CC1. The van der Waals surface area contributed by atoms with E-state index in [4.69, 9.17) is 0 Å². The molecule has 2 aromatic rings. The summed E-state index contributed by atoms with van der Waals surface area (Å²) in [4.78, 5) is 18.4. The van der Waals surface area contributed by atoms with Crippen LogP contribution in [0.4, 0.5) is 10.5 Å². The lowest BCUT2D eigenvalue weighted by Gasteiger charge is -2.32. The molecule has 0 aliphatic carbocycles. The lowest BCUT2D eigenvalue weighted by atomic mass is 10.1. The number of amides is 2. The van der Waals surface area contributed by atoms with Crippen LogP contribution in [0.25, 0.3) is 0 Å². The third-order valence-electron chi connectivity index (χ3n) is 5.07. The molecule has 2 N–H and O–H groups in total. The van der Waals surface area contributed by atoms with E-state index in [1.54, 1.807) is 24.9 Å². The summed E-state index contributed by atoms with van der Waals surface area (Å²) in [6, 6.07) is 11.5. The van der Waals surface area contributed by atoms with Crippen LogP contribution in [0.5, 0.6) is 0 Å². The maximum absolute atomic E-state index is 12.5. The molecule has 29 heavy (non-hydrogen) atoms. The minimum Gasteiger partial charge on any atom is -0.324 e. The molecular weight excluding hydrogens is 388 g/mol. The molecule has 0 atom stereocenters. The first-order chi connectivity index (χ1) is 13.8. The highest BCUT2D eigenvalue weighted by molar-refractivity contribution is 7.90. The number of pyridine rings is 1. The number of anilines is 1. The Labute approximate surface area is 172 Å². The molecular formula is C21H28N4O3S. The van der Waals surface area contributed by atoms with Gasteiger partial charge in [0.25, 0.3) is 0 Å². The average Bonchev–Trinajstić information content (AvgIpc) is 2.70. The van der Waals surface area contributed by atoms with Crippen molar-refractivity contribution in [3.63, 3.8) is 0 Å². The highest BCUT2D eigenvalue weighted by Gasteiger charge is 2.27. The van der Waals surface area contributed by atoms with Gasteiger partial charge < -0.3 is 10.2 Å².